The van der Waals surface area contributed by atoms with E-state index >= 15 is 0 Å². The fourth-order valence-corrected chi connectivity index (χ4v) is 5.69. The Hall–Kier alpha value is -2.29. The third-order valence-corrected chi connectivity index (χ3v) is 8.02. The number of hydrogen-bond donors (Lipinski definition) is 0. The number of rotatable bonds is 0. The van der Waals surface area contributed by atoms with Crippen molar-refractivity contribution in [3.63, 3.8) is 0 Å². The molecular weight excluding hydrogens is 318 g/mol. The van der Waals surface area contributed by atoms with E-state index in [2.05, 4.69) is 81.5 Å². The Morgan fingerprint density at radius 3 is 2.46 bits per heavy atom. The van der Waals surface area contributed by atoms with Crippen molar-refractivity contribution in [3.05, 3.63) is 59.4 Å². The lowest BCUT2D eigenvalue weighted by Gasteiger charge is -2.61. The lowest BCUT2D eigenvalue weighted by atomic mass is 9.52. The second-order valence-electron chi connectivity index (χ2n) is 9.18. The summed E-state index contributed by atoms with van der Waals surface area (Å²) in [6.07, 6.45) is 1.92. The van der Waals surface area contributed by atoms with Crippen molar-refractivity contribution in [2.45, 2.75) is 52.1 Å². The predicted octanol–water partition coefficient (Wildman–Crippen LogP) is 5.13. The Balaban J connectivity index is 1.91. The maximum Gasteiger partial charge on any atom is 0.0934 e. The normalized spacial score (nSPS) is 25.1. The maximum atomic E-state index is 4.76. The Morgan fingerprint density at radius 2 is 1.69 bits per heavy atom. The van der Waals surface area contributed by atoms with Crippen LogP contribution in [0.3, 0.4) is 0 Å². The molecule has 0 saturated carbocycles. The fraction of sp³-hybridized carbons (Fsp3) is 0.435. The molecule has 0 radical (unpaired) electrons. The summed E-state index contributed by atoms with van der Waals surface area (Å²) >= 11 is 0. The van der Waals surface area contributed by atoms with Crippen LogP contribution in [0.25, 0.3) is 11.0 Å². The van der Waals surface area contributed by atoms with Crippen LogP contribution in [0.4, 0.5) is 5.69 Å². The van der Waals surface area contributed by atoms with E-state index in [-0.39, 0.29) is 16.4 Å². The number of aryl methyl sites for hydroxylation is 1. The average Bonchev–Trinajstić information content (AvgIpc) is 3.09. The number of aromatic nitrogens is 2. The molecule has 134 valence electrons. The topological polar surface area (TPSA) is 21.1 Å². The van der Waals surface area contributed by atoms with Gasteiger partial charge in [-0.05, 0) is 36.1 Å². The summed E-state index contributed by atoms with van der Waals surface area (Å²) in [5, 5.41) is 0. The van der Waals surface area contributed by atoms with Crippen molar-refractivity contribution in [1.82, 2.24) is 9.55 Å². The number of anilines is 1. The molecule has 0 amide bonds. The molecule has 2 aliphatic heterocycles. The lowest BCUT2D eigenvalue weighted by molar-refractivity contribution is 0.0642. The van der Waals surface area contributed by atoms with Crippen molar-refractivity contribution in [2.75, 3.05) is 4.90 Å². The summed E-state index contributed by atoms with van der Waals surface area (Å²) in [6.45, 7) is 13.1. The Morgan fingerprint density at radius 1 is 0.962 bits per heavy atom. The van der Waals surface area contributed by atoms with Gasteiger partial charge < -0.3 is 9.47 Å². The summed E-state index contributed by atoms with van der Waals surface area (Å²) in [5.74, 6) is 0. The van der Waals surface area contributed by atoms with Crippen LogP contribution in [0.1, 0.15) is 51.4 Å². The summed E-state index contributed by atoms with van der Waals surface area (Å²) < 4.78 is 2.39. The zero-order valence-corrected chi connectivity index (χ0v) is 16.6. The number of nitrogens with zero attached hydrogens (tertiary/aromatic N) is 3. The highest BCUT2D eigenvalue weighted by molar-refractivity contribution is 5.85. The van der Waals surface area contributed by atoms with Crippen LogP contribution in [0, 0.1) is 5.41 Å². The van der Waals surface area contributed by atoms with Crippen molar-refractivity contribution >= 4 is 16.7 Å². The van der Waals surface area contributed by atoms with E-state index in [0.717, 1.165) is 12.1 Å². The van der Waals surface area contributed by atoms with Gasteiger partial charge in [-0.1, -0.05) is 45.9 Å². The quantitative estimate of drug-likeness (QED) is 0.563. The van der Waals surface area contributed by atoms with E-state index in [0.29, 0.717) is 0 Å². The molecule has 2 aromatic heterocycles. The molecule has 0 aliphatic carbocycles. The fourth-order valence-electron chi connectivity index (χ4n) is 5.69. The van der Waals surface area contributed by atoms with Crippen molar-refractivity contribution in [2.24, 2.45) is 12.5 Å². The van der Waals surface area contributed by atoms with Crippen LogP contribution in [0.2, 0.25) is 0 Å². The number of pyridine rings is 1. The molecule has 5 rings (SSSR count). The van der Waals surface area contributed by atoms with E-state index in [1.807, 2.05) is 12.3 Å². The lowest BCUT2D eigenvalue weighted by Crippen LogP contribution is -2.61. The van der Waals surface area contributed by atoms with Crippen molar-refractivity contribution in [1.29, 1.82) is 0 Å². The van der Waals surface area contributed by atoms with Gasteiger partial charge in [0.15, 0.2) is 0 Å². The van der Waals surface area contributed by atoms with Crippen LogP contribution in [-0.2, 0) is 24.5 Å². The molecule has 3 heteroatoms. The van der Waals surface area contributed by atoms with Gasteiger partial charge in [0.2, 0.25) is 0 Å². The molecule has 3 nitrogen and oxygen atoms in total. The minimum atomic E-state index is -0.0877. The molecule has 3 aromatic rings. The highest BCUT2D eigenvalue weighted by Gasteiger charge is 2.63. The largest absolute Gasteiger partial charge is 0.355 e. The van der Waals surface area contributed by atoms with Crippen LogP contribution in [0.15, 0.2) is 42.6 Å². The van der Waals surface area contributed by atoms with Gasteiger partial charge in [-0.3, -0.25) is 4.98 Å². The van der Waals surface area contributed by atoms with E-state index in [1.54, 1.807) is 0 Å². The van der Waals surface area contributed by atoms with E-state index in [1.165, 1.54) is 28.0 Å². The summed E-state index contributed by atoms with van der Waals surface area (Å²) in [7, 11) is 2.21. The van der Waals surface area contributed by atoms with Gasteiger partial charge in [0.25, 0.3) is 0 Å². The second kappa shape index (κ2) is 4.51. The first-order valence-electron chi connectivity index (χ1n) is 9.53. The molecule has 0 saturated heterocycles. The molecule has 4 heterocycles. The van der Waals surface area contributed by atoms with E-state index in [4.69, 9.17) is 4.98 Å². The van der Waals surface area contributed by atoms with Gasteiger partial charge >= 0.3 is 0 Å². The molecular formula is C23H27N3. The molecule has 0 bridgehead atoms. The average molecular weight is 345 g/mol. The highest BCUT2D eigenvalue weighted by Crippen LogP contribution is 2.65. The van der Waals surface area contributed by atoms with Gasteiger partial charge in [0, 0.05) is 36.5 Å². The Labute approximate surface area is 155 Å². The standard InChI is InChI=1S/C23H27N3/c1-21(2)16-10-7-8-11-17(16)26-14-15-19-18(12-9-13-24-19)25(6)20(15)23(26,5)22(21,3)4/h7-13H,14H2,1-6H3. The first-order chi connectivity index (χ1) is 12.2. The zero-order valence-electron chi connectivity index (χ0n) is 16.6. The van der Waals surface area contributed by atoms with E-state index in [9.17, 15) is 0 Å². The third kappa shape index (κ3) is 1.47. The van der Waals surface area contributed by atoms with Gasteiger partial charge in [0.1, 0.15) is 0 Å². The molecule has 1 unspecified atom stereocenters. The molecule has 1 atom stereocenters. The molecule has 26 heavy (non-hydrogen) atoms. The SMILES string of the molecule is Cn1c2c(c3ncccc31)CN1c3ccccc3C(C)(C)C(C)(C)C21C. The predicted molar refractivity (Wildman–Crippen MR) is 107 cm³/mol. The van der Waals surface area contributed by atoms with Gasteiger partial charge in [-0.15, -0.1) is 0 Å². The number of benzene rings is 1. The molecule has 0 spiro atoms. The monoisotopic (exact) mass is 345 g/mol. The summed E-state index contributed by atoms with van der Waals surface area (Å²) in [6, 6.07) is 13.2. The Kier molecular flexibility index (Phi) is 2.76. The molecule has 1 aromatic carbocycles. The molecule has 0 N–H and O–H groups in total. The van der Waals surface area contributed by atoms with Crippen LogP contribution < -0.4 is 4.90 Å². The maximum absolute atomic E-state index is 4.76. The van der Waals surface area contributed by atoms with Gasteiger partial charge in [-0.25, -0.2) is 0 Å². The highest BCUT2D eigenvalue weighted by atomic mass is 15.3. The van der Waals surface area contributed by atoms with Crippen molar-refractivity contribution in [3.8, 4) is 0 Å². The van der Waals surface area contributed by atoms with Crippen molar-refractivity contribution < 1.29 is 0 Å². The smallest absolute Gasteiger partial charge is 0.0934 e. The first kappa shape index (κ1) is 15.9. The number of hydrogen-bond acceptors (Lipinski definition) is 2. The first-order valence-corrected chi connectivity index (χ1v) is 9.53. The minimum absolute atomic E-state index is 0.0434. The second-order valence-corrected chi connectivity index (χ2v) is 9.18. The van der Waals surface area contributed by atoms with Gasteiger partial charge in [-0.2, -0.15) is 0 Å². The zero-order chi connectivity index (χ0) is 18.5. The third-order valence-electron chi connectivity index (χ3n) is 8.02. The van der Waals surface area contributed by atoms with Crippen LogP contribution >= 0.6 is 0 Å². The van der Waals surface area contributed by atoms with Crippen LogP contribution in [-0.4, -0.2) is 9.55 Å². The minimum Gasteiger partial charge on any atom is -0.355 e. The summed E-state index contributed by atoms with van der Waals surface area (Å²) in [4.78, 5) is 7.39. The van der Waals surface area contributed by atoms with Crippen LogP contribution in [0.5, 0.6) is 0 Å². The molecule has 2 aliphatic rings. The summed E-state index contributed by atoms with van der Waals surface area (Å²) in [5.41, 5.74) is 8.06. The molecule has 0 fully saturated rings. The Bertz CT molecular complexity index is 1060. The number of fused-ring (bicyclic) bond motifs is 7. The van der Waals surface area contributed by atoms with Gasteiger partial charge in [0.05, 0.1) is 22.3 Å². The number of para-hydroxylation sites is 1. The van der Waals surface area contributed by atoms with E-state index < -0.39 is 0 Å².